The summed E-state index contributed by atoms with van der Waals surface area (Å²) in [6.07, 6.45) is 1.18. The molecule has 1 fully saturated rings. The van der Waals surface area contributed by atoms with E-state index in [-0.39, 0.29) is 18.4 Å². The molecular weight excluding hydrogens is 303 g/mol. The van der Waals surface area contributed by atoms with E-state index in [1.165, 1.54) is 12.0 Å². The first-order valence-electron chi connectivity index (χ1n) is 6.43. The third-order valence-electron chi connectivity index (χ3n) is 3.97. The molecule has 0 spiro atoms. The van der Waals surface area contributed by atoms with Gasteiger partial charge in [-0.3, -0.25) is 4.90 Å². The van der Waals surface area contributed by atoms with Gasteiger partial charge in [-0.2, -0.15) is 0 Å². The number of rotatable bonds is 3. The van der Waals surface area contributed by atoms with Gasteiger partial charge in [0.05, 0.1) is 10.0 Å². The van der Waals surface area contributed by atoms with Gasteiger partial charge in [-0.05, 0) is 50.4 Å². The lowest BCUT2D eigenvalue weighted by Gasteiger charge is -2.25. The topological polar surface area (TPSA) is 29.3 Å². The van der Waals surface area contributed by atoms with Gasteiger partial charge in [-0.25, -0.2) is 0 Å². The van der Waals surface area contributed by atoms with E-state index in [2.05, 4.69) is 24.8 Å². The first-order chi connectivity index (χ1) is 8.49. The maximum absolute atomic E-state index is 6.07. The lowest BCUT2D eigenvalue weighted by Crippen LogP contribution is -2.30. The van der Waals surface area contributed by atoms with Gasteiger partial charge in [-0.1, -0.05) is 29.3 Å². The van der Waals surface area contributed by atoms with Gasteiger partial charge < -0.3 is 5.73 Å². The van der Waals surface area contributed by atoms with Gasteiger partial charge in [0.2, 0.25) is 0 Å². The highest BCUT2D eigenvalue weighted by Gasteiger charge is 2.28. The summed E-state index contributed by atoms with van der Waals surface area (Å²) in [5, 5.41) is 1.24. The standard InChI is InChI=1S/C14H20Cl2N2.ClH/c1-9(17)12-5-6-18(8-12)10(2)11-3-4-13(15)14(16)7-11;/h3-4,7,9-10,12H,5-6,8,17H2,1-2H3;1H. The molecule has 1 aliphatic rings. The zero-order valence-corrected chi connectivity index (χ0v) is 13.6. The molecule has 3 unspecified atom stereocenters. The highest BCUT2D eigenvalue weighted by Crippen LogP contribution is 2.31. The third kappa shape index (κ3) is 3.99. The minimum atomic E-state index is 0. The smallest absolute Gasteiger partial charge is 0.0595 e. The van der Waals surface area contributed by atoms with E-state index in [9.17, 15) is 0 Å². The van der Waals surface area contributed by atoms with Gasteiger partial charge >= 0.3 is 0 Å². The van der Waals surface area contributed by atoms with Crippen LogP contribution in [0.5, 0.6) is 0 Å². The van der Waals surface area contributed by atoms with Crippen molar-refractivity contribution in [2.45, 2.75) is 32.4 Å². The van der Waals surface area contributed by atoms with Crippen LogP contribution in [-0.4, -0.2) is 24.0 Å². The van der Waals surface area contributed by atoms with Gasteiger partial charge in [0, 0.05) is 18.6 Å². The Labute approximate surface area is 131 Å². The molecule has 2 nitrogen and oxygen atoms in total. The van der Waals surface area contributed by atoms with Crippen LogP contribution >= 0.6 is 35.6 Å². The molecule has 1 aliphatic heterocycles. The predicted molar refractivity (Wildman–Crippen MR) is 85.5 cm³/mol. The molecule has 0 aliphatic carbocycles. The largest absolute Gasteiger partial charge is 0.328 e. The fraction of sp³-hybridized carbons (Fsp3) is 0.571. The monoisotopic (exact) mass is 322 g/mol. The van der Waals surface area contributed by atoms with Crippen LogP contribution < -0.4 is 5.73 Å². The number of nitrogens with zero attached hydrogens (tertiary/aromatic N) is 1. The average Bonchev–Trinajstić information content (AvgIpc) is 2.81. The van der Waals surface area contributed by atoms with Crippen molar-refractivity contribution in [3.63, 3.8) is 0 Å². The molecule has 0 radical (unpaired) electrons. The summed E-state index contributed by atoms with van der Waals surface area (Å²) in [5.74, 6) is 0.607. The Hall–Kier alpha value is 0.01000. The van der Waals surface area contributed by atoms with Gasteiger partial charge in [-0.15, -0.1) is 12.4 Å². The van der Waals surface area contributed by atoms with Crippen LogP contribution in [0, 0.1) is 5.92 Å². The molecule has 19 heavy (non-hydrogen) atoms. The zero-order chi connectivity index (χ0) is 13.3. The number of nitrogens with two attached hydrogens (primary N) is 1. The minimum absolute atomic E-state index is 0. The highest BCUT2D eigenvalue weighted by molar-refractivity contribution is 6.42. The fourth-order valence-corrected chi connectivity index (χ4v) is 2.89. The zero-order valence-electron chi connectivity index (χ0n) is 11.3. The third-order valence-corrected chi connectivity index (χ3v) is 4.71. The molecular formula is C14H21Cl3N2. The van der Waals surface area contributed by atoms with Crippen molar-refractivity contribution in [3.8, 4) is 0 Å². The predicted octanol–water partition coefficient (Wildman–Crippen LogP) is 4.15. The summed E-state index contributed by atoms with van der Waals surface area (Å²) in [6.45, 7) is 6.48. The molecule has 0 amide bonds. The van der Waals surface area contributed by atoms with Crippen LogP contribution in [0.15, 0.2) is 18.2 Å². The van der Waals surface area contributed by atoms with Crippen molar-refractivity contribution in [2.24, 2.45) is 11.7 Å². The molecule has 1 aromatic rings. The minimum Gasteiger partial charge on any atom is -0.328 e. The molecule has 108 valence electrons. The second kappa shape index (κ2) is 7.14. The summed E-state index contributed by atoms with van der Waals surface area (Å²) < 4.78 is 0. The van der Waals surface area contributed by atoms with Crippen molar-refractivity contribution in [3.05, 3.63) is 33.8 Å². The molecule has 2 rings (SSSR count). The van der Waals surface area contributed by atoms with Gasteiger partial charge in [0.25, 0.3) is 0 Å². The Balaban J connectivity index is 0.00000180. The Morgan fingerprint density at radius 3 is 2.47 bits per heavy atom. The average molecular weight is 324 g/mol. The Morgan fingerprint density at radius 2 is 1.95 bits per heavy atom. The molecule has 5 heteroatoms. The molecule has 0 saturated carbocycles. The van der Waals surface area contributed by atoms with Crippen molar-refractivity contribution in [1.29, 1.82) is 0 Å². The van der Waals surface area contributed by atoms with Crippen molar-refractivity contribution in [1.82, 2.24) is 4.90 Å². The molecule has 1 heterocycles. The molecule has 1 aromatic carbocycles. The Kier molecular flexibility index (Phi) is 6.41. The maximum atomic E-state index is 6.07. The van der Waals surface area contributed by atoms with E-state index in [1.807, 2.05) is 12.1 Å². The number of hydrogen-bond donors (Lipinski definition) is 1. The highest BCUT2D eigenvalue weighted by atomic mass is 35.5. The molecule has 1 saturated heterocycles. The van der Waals surface area contributed by atoms with E-state index in [0.29, 0.717) is 22.0 Å². The van der Waals surface area contributed by atoms with E-state index in [0.717, 1.165) is 13.1 Å². The van der Waals surface area contributed by atoms with E-state index in [4.69, 9.17) is 28.9 Å². The second-order valence-electron chi connectivity index (χ2n) is 5.25. The van der Waals surface area contributed by atoms with E-state index >= 15 is 0 Å². The van der Waals surface area contributed by atoms with E-state index < -0.39 is 0 Å². The van der Waals surface area contributed by atoms with Crippen LogP contribution in [0.1, 0.15) is 31.9 Å². The maximum Gasteiger partial charge on any atom is 0.0595 e. The quantitative estimate of drug-likeness (QED) is 0.905. The van der Waals surface area contributed by atoms with Crippen molar-refractivity contribution < 1.29 is 0 Å². The Morgan fingerprint density at radius 1 is 1.26 bits per heavy atom. The van der Waals surface area contributed by atoms with Crippen LogP contribution in [0.3, 0.4) is 0 Å². The number of likely N-dealkylation sites (tertiary alicyclic amines) is 1. The first kappa shape index (κ1) is 17.1. The molecule has 0 aromatic heterocycles. The van der Waals surface area contributed by atoms with Crippen molar-refractivity contribution >= 4 is 35.6 Å². The lowest BCUT2D eigenvalue weighted by molar-refractivity contribution is 0.248. The van der Waals surface area contributed by atoms with Crippen LogP contribution in [0.2, 0.25) is 10.0 Å². The number of halogens is 3. The molecule has 3 atom stereocenters. The van der Waals surface area contributed by atoms with Crippen LogP contribution in [0.4, 0.5) is 0 Å². The lowest BCUT2D eigenvalue weighted by atomic mass is 10.0. The summed E-state index contributed by atoms with van der Waals surface area (Å²) in [6, 6.07) is 6.53. The number of hydrogen-bond acceptors (Lipinski definition) is 2. The van der Waals surface area contributed by atoms with E-state index in [1.54, 1.807) is 0 Å². The van der Waals surface area contributed by atoms with Gasteiger partial charge in [0.15, 0.2) is 0 Å². The van der Waals surface area contributed by atoms with Gasteiger partial charge in [0.1, 0.15) is 0 Å². The Bertz CT molecular complexity index is 423. The normalized spacial score (nSPS) is 22.9. The first-order valence-corrected chi connectivity index (χ1v) is 7.19. The van der Waals surface area contributed by atoms with Crippen LogP contribution in [-0.2, 0) is 0 Å². The van der Waals surface area contributed by atoms with Crippen molar-refractivity contribution in [2.75, 3.05) is 13.1 Å². The molecule has 0 bridgehead atoms. The number of benzene rings is 1. The second-order valence-corrected chi connectivity index (χ2v) is 6.07. The summed E-state index contributed by atoms with van der Waals surface area (Å²) in [5.41, 5.74) is 7.19. The summed E-state index contributed by atoms with van der Waals surface area (Å²) >= 11 is 12.0. The summed E-state index contributed by atoms with van der Waals surface area (Å²) in [4.78, 5) is 2.47. The fourth-order valence-electron chi connectivity index (χ4n) is 2.58. The molecule has 2 N–H and O–H groups in total. The SMILES string of the molecule is CC(N)C1CCN(C(C)c2ccc(Cl)c(Cl)c2)C1.Cl. The van der Waals surface area contributed by atoms with Crippen LogP contribution in [0.25, 0.3) is 0 Å². The summed E-state index contributed by atoms with van der Waals surface area (Å²) in [7, 11) is 0.